The molecule has 14 heavy (non-hydrogen) atoms. The van der Waals surface area contributed by atoms with Crippen LogP contribution in [0.5, 0.6) is 0 Å². The minimum Gasteiger partial charge on any atom is -0.298 e. The van der Waals surface area contributed by atoms with Crippen LogP contribution >= 0.6 is 0 Å². The van der Waals surface area contributed by atoms with Crippen molar-refractivity contribution in [3.05, 3.63) is 34.9 Å². The first-order chi connectivity index (χ1) is 6.78. The molecule has 0 amide bonds. The lowest BCUT2D eigenvalue weighted by molar-refractivity contribution is -0.119. The van der Waals surface area contributed by atoms with Crippen LogP contribution in [0.3, 0.4) is 0 Å². The van der Waals surface area contributed by atoms with E-state index in [1.165, 1.54) is 0 Å². The summed E-state index contributed by atoms with van der Waals surface area (Å²) in [6.45, 7) is 0. The highest BCUT2D eigenvalue weighted by Gasteiger charge is 2.55. The van der Waals surface area contributed by atoms with Crippen LogP contribution in [0.4, 0.5) is 0 Å². The molecule has 0 atom stereocenters. The van der Waals surface area contributed by atoms with E-state index in [1.54, 1.807) is 6.07 Å². The zero-order valence-electron chi connectivity index (χ0n) is 7.71. The molecule has 2 aliphatic rings. The van der Waals surface area contributed by atoms with Crippen molar-refractivity contribution in [1.82, 2.24) is 0 Å². The van der Waals surface area contributed by atoms with E-state index in [0.29, 0.717) is 17.8 Å². The summed E-state index contributed by atoms with van der Waals surface area (Å²) in [5.41, 5.74) is 2.63. The van der Waals surface area contributed by atoms with Crippen LogP contribution in [0.2, 0.25) is 0 Å². The van der Waals surface area contributed by atoms with Gasteiger partial charge in [0.25, 0.3) is 0 Å². The molecule has 68 valence electrons. The smallest absolute Gasteiger partial charge is 0.147 e. The number of nitrogens with zero attached hydrogens (tertiary/aromatic N) is 1. The van der Waals surface area contributed by atoms with Gasteiger partial charge in [0.15, 0.2) is 0 Å². The Balaban J connectivity index is 2.28. The third kappa shape index (κ3) is 0.730. The molecule has 0 radical (unpaired) electrons. The fourth-order valence-corrected chi connectivity index (χ4v) is 2.48. The molecule has 0 unspecified atom stereocenters. The molecule has 1 spiro atoms. The average molecular weight is 183 g/mol. The topological polar surface area (TPSA) is 40.9 Å². The molecule has 0 saturated heterocycles. The van der Waals surface area contributed by atoms with Crippen LogP contribution in [-0.2, 0) is 16.6 Å². The molecule has 0 aliphatic heterocycles. The second-order valence-electron chi connectivity index (χ2n) is 4.13. The third-order valence-electron chi connectivity index (χ3n) is 3.43. The molecular formula is C12H9NO. The highest BCUT2D eigenvalue weighted by molar-refractivity contribution is 5.99. The van der Waals surface area contributed by atoms with E-state index >= 15 is 0 Å². The number of fused-ring (bicyclic) bond motifs is 2. The van der Waals surface area contributed by atoms with Gasteiger partial charge in [-0.1, -0.05) is 12.1 Å². The van der Waals surface area contributed by atoms with Crippen molar-refractivity contribution in [2.75, 3.05) is 0 Å². The third-order valence-corrected chi connectivity index (χ3v) is 3.43. The molecule has 0 heterocycles. The Kier molecular flexibility index (Phi) is 1.24. The monoisotopic (exact) mass is 183 g/mol. The standard InChI is InChI=1S/C12H9NO/c13-7-8-2-1-3-10-9(8)6-11(14)12(10)4-5-12/h1-3H,4-6H2. The highest BCUT2D eigenvalue weighted by Crippen LogP contribution is 2.54. The van der Waals surface area contributed by atoms with E-state index in [2.05, 4.69) is 6.07 Å². The fraction of sp³-hybridized carbons (Fsp3) is 0.333. The van der Waals surface area contributed by atoms with E-state index < -0.39 is 0 Å². The number of hydrogen-bond donors (Lipinski definition) is 0. The Morgan fingerprint density at radius 2 is 2.14 bits per heavy atom. The molecule has 2 heteroatoms. The summed E-state index contributed by atoms with van der Waals surface area (Å²) >= 11 is 0. The van der Waals surface area contributed by atoms with Crippen LogP contribution in [0.25, 0.3) is 0 Å². The molecule has 2 nitrogen and oxygen atoms in total. The first kappa shape index (κ1) is 7.75. The molecule has 0 N–H and O–H groups in total. The predicted molar refractivity (Wildman–Crippen MR) is 50.8 cm³/mol. The molecule has 1 aromatic carbocycles. The van der Waals surface area contributed by atoms with Gasteiger partial charge in [0, 0.05) is 6.42 Å². The van der Waals surface area contributed by atoms with Crippen LogP contribution in [0, 0.1) is 11.3 Å². The van der Waals surface area contributed by atoms with E-state index in [0.717, 1.165) is 24.0 Å². The van der Waals surface area contributed by atoms with Crippen molar-refractivity contribution in [3.63, 3.8) is 0 Å². The maximum Gasteiger partial charge on any atom is 0.147 e. The number of nitriles is 1. The lowest BCUT2D eigenvalue weighted by Gasteiger charge is -2.05. The Bertz CT molecular complexity index is 478. The molecule has 1 saturated carbocycles. The Morgan fingerprint density at radius 1 is 1.36 bits per heavy atom. The SMILES string of the molecule is N#Cc1cccc2c1CC(=O)C21CC1. The fourth-order valence-electron chi connectivity index (χ4n) is 2.48. The summed E-state index contributed by atoms with van der Waals surface area (Å²) in [6, 6.07) is 7.85. The zero-order valence-corrected chi connectivity index (χ0v) is 7.71. The van der Waals surface area contributed by atoms with Crippen molar-refractivity contribution in [1.29, 1.82) is 5.26 Å². The van der Waals surface area contributed by atoms with Crippen molar-refractivity contribution < 1.29 is 4.79 Å². The zero-order chi connectivity index (χ0) is 9.76. The van der Waals surface area contributed by atoms with Gasteiger partial charge in [-0.25, -0.2) is 0 Å². The number of hydrogen-bond acceptors (Lipinski definition) is 2. The normalized spacial score (nSPS) is 20.6. The maximum atomic E-state index is 11.8. The number of Topliss-reactive ketones (excluding diaryl/α,β-unsaturated/α-hetero) is 1. The second kappa shape index (κ2) is 2.24. The van der Waals surface area contributed by atoms with Gasteiger partial charge in [-0.15, -0.1) is 0 Å². The van der Waals surface area contributed by atoms with Crippen LogP contribution in [0.1, 0.15) is 29.5 Å². The minimum atomic E-state index is -0.164. The van der Waals surface area contributed by atoms with E-state index in [-0.39, 0.29) is 5.41 Å². The summed E-state index contributed by atoms with van der Waals surface area (Å²) < 4.78 is 0. The predicted octanol–water partition coefficient (Wildman–Crippen LogP) is 1.72. The number of benzene rings is 1. The Labute approximate surface area is 82.2 Å². The maximum absolute atomic E-state index is 11.8. The first-order valence-electron chi connectivity index (χ1n) is 4.84. The molecule has 1 fully saturated rings. The molecule has 1 aromatic rings. The second-order valence-corrected chi connectivity index (χ2v) is 4.13. The van der Waals surface area contributed by atoms with E-state index in [9.17, 15) is 4.79 Å². The number of ketones is 1. The van der Waals surface area contributed by atoms with Gasteiger partial charge in [-0.05, 0) is 30.0 Å². The summed E-state index contributed by atoms with van der Waals surface area (Å²) in [5.74, 6) is 0.315. The highest BCUT2D eigenvalue weighted by atomic mass is 16.1. The van der Waals surface area contributed by atoms with Crippen molar-refractivity contribution in [2.24, 2.45) is 0 Å². The van der Waals surface area contributed by atoms with Crippen LogP contribution < -0.4 is 0 Å². The van der Waals surface area contributed by atoms with Gasteiger partial charge in [-0.3, -0.25) is 4.79 Å². The summed E-state index contributed by atoms with van der Waals surface area (Å²) in [5, 5.41) is 8.92. The minimum absolute atomic E-state index is 0.164. The van der Waals surface area contributed by atoms with Crippen LogP contribution in [0.15, 0.2) is 18.2 Å². The van der Waals surface area contributed by atoms with Crippen molar-refractivity contribution >= 4 is 5.78 Å². The molecule has 3 rings (SSSR count). The number of carbonyl (C=O) groups excluding carboxylic acids is 1. The van der Waals surface area contributed by atoms with Gasteiger partial charge in [-0.2, -0.15) is 5.26 Å². The first-order valence-corrected chi connectivity index (χ1v) is 4.84. The number of rotatable bonds is 0. The quantitative estimate of drug-likeness (QED) is 0.614. The lowest BCUT2D eigenvalue weighted by Crippen LogP contribution is -2.13. The molecule has 2 aliphatic carbocycles. The number of carbonyl (C=O) groups is 1. The van der Waals surface area contributed by atoms with E-state index in [1.807, 2.05) is 12.1 Å². The van der Waals surface area contributed by atoms with Crippen LogP contribution in [-0.4, -0.2) is 5.78 Å². The molecule has 0 aromatic heterocycles. The largest absolute Gasteiger partial charge is 0.298 e. The summed E-state index contributed by atoms with van der Waals surface area (Å²) in [6.07, 6.45) is 2.43. The summed E-state index contributed by atoms with van der Waals surface area (Å²) in [4.78, 5) is 11.8. The average Bonchev–Trinajstić information content (AvgIpc) is 2.93. The lowest BCUT2D eigenvalue weighted by atomic mass is 9.96. The van der Waals surface area contributed by atoms with Gasteiger partial charge < -0.3 is 0 Å². The summed E-state index contributed by atoms with van der Waals surface area (Å²) in [7, 11) is 0. The van der Waals surface area contributed by atoms with Gasteiger partial charge >= 0.3 is 0 Å². The Morgan fingerprint density at radius 3 is 2.79 bits per heavy atom. The van der Waals surface area contributed by atoms with Crippen molar-refractivity contribution in [3.8, 4) is 6.07 Å². The van der Waals surface area contributed by atoms with Gasteiger partial charge in [0.2, 0.25) is 0 Å². The van der Waals surface area contributed by atoms with E-state index in [4.69, 9.17) is 5.26 Å². The van der Waals surface area contributed by atoms with Gasteiger partial charge in [0.05, 0.1) is 17.0 Å². The van der Waals surface area contributed by atoms with Crippen molar-refractivity contribution in [2.45, 2.75) is 24.7 Å². The van der Waals surface area contributed by atoms with Gasteiger partial charge in [0.1, 0.15) is 5.78 Å². The Hall–Kier alpha value is -1.62. The molecular weight excluding hydrogens is 174 g/mol. The molecule has 0 bridgehead atoms.